The molecule has 80 valence electrons. The molecule has 1 unspecified atom stereocenters. The molecule has 0 aliphatic heterocycles. The first-order valence-corrected chi connectivity index (χ1v) is 5.06. The van der Waals surface area contributed by atoms with Crippen molar-refractivity contribution in [3.8, 4) is 0 Å². The molecular weight excluding hydrogens is 164 g/mol. The summed E-state index contributed by atoms with van der Waals surface area (Å²) in [6, 6.07) is 0. The average Bonchev–Trinajstić information content (AvgIpc) is 2.02. The number of hydrogen-bond donors (Lipinski definition) is 0. The van der Waals surface area contributed by atoms with Crippen molar-refractivity contribution in [3.63, 3.8) is 0 Å². The first-order valence-electron chi connectivity index (χ1n) is 5.06. The lowest BCUT2D eigenvalue weighted by atomic mass is 9.81. The van der Waals surface area contributed by atoms with Gasteiger partial charge in [-0.1, -0.05) is 27.7 Å². The van der Waals surface area contributed by atoms with Crippen LogP contribution in [0, 0.1) is 17.8 Å². The second-order valence-electron chi connectivity index (χ2n) is 4.29. The fraction of sp³-hybridized carbons (Fsp3) is 1.00. The summed E-state index contributed by atoms with van der Waals surface area (Å²) >= 11 is 0. The van der Waals surface area contributed by atoms with E-state index in [-0.39, 0.29) is 6.10 Å². The van der Waals surface area contributed by atoms with Gasteiger partial charge in [-0.15, -0.1) is 0 Å². The molecule has 0 saturated carbocycles. The summed E-state index contributed by atoms with van der Waals surface area (Å²) < 4.78 is 10.6. The van der Waals surface area contributed by atoms with Crippen LogP contribution in [0.4, 0.5) is 0 Å². The van der Waals surface area contributed by atoms with Crippen molar-refractivity contribution in [2.75, 3.05) is 20.8 Å². The van der Waals surface area contributed by atoms with E-state index in [0.717, 1.165) is 0 Å². The molecule has 2 nitrogen and oxygen atoms in total. The van der Waals surface area contributed by atoms with Crippen LogP contribution in [0.3, 0.4) is 0 Å². The summed E-state index contributed by atoms with van der Waals surface area (Å²) in [6.45, 7) is 9.66. The van der Waals surface area contributed by atoms with Crippen molar-refractivity contribution in [1.82, 2.24) is 0 Å². The molecule has 0 aromatic heterocycles. The maximum atomic E-state index is 5.45. The van der Waals surface area contributed by atoms with Gasteiger partial charge in [-0.3, -0.25) is 0 Å². The van der Waals surface area contributed by atoms with Crippen LogP contribution in [-0.2, 0) is 9.47 Å². The van der Waals surface area contributed by atoms with Crippen molar-refractivity contribution in [2.45, 2.75) is 33.8 Å². The number of methoxy groups -OCH3 is 2. The van der Waals surface area contributed by atoms with Gasteiger partial charge in [0.15, 0.2) is 0 Å². The van der Waals surface area contributed by atoms with Gasteiger partial charge in [-0.2, -0.15) is 0 Å². The highest BCUT2D eigenvalue weighted by molar-refractivity contribution is 4.75. The zero-order chi connectivity index (χ0) is 10.4. The van der Waals surface area contributed by atoms with Crippen LogP contribution in [-0.4, -0.2) is 26.9 Å². The molecule has 13 heavy (non-hydrogen) atoms. The molecule has 0 N–H and O–H groups in total. The first-order chi connectivity index (χ1) is 6.04. The quantitative estimate of drug-likeness (QED) is 0.638. The van der Waals surface area contributed by atoms with E-state index in [1.807, 2.05) is 0 Å². The second-order valence-corrected chi connectivity index (χ2v) is 4.29. The largest absolute Gasteiger partial charge is 0.382 e. The third-order valence-electron chi connectivity index (χ3n) is 2.60. The molecule has 1 atom stereocenters. The third kappa shape index (κ3) is 4.10. The van der Waals surface area contributed by atoms with Crippen molar-refractivity contribution in [3.05, 3.63) is 0 Å². The lowest BCUT2D eigenvalue weighted by Crippen LogP contribution is -2.34. The molecule has 0 aliphatic carbocycles. The van der Waals surface area contributed by atoms with E-state index >= 15 is 0 Å². The van der Waals surface area contributed by atoms with Crippen molar-refractivity contribution in [1.29, 1.82) is 0 Å². The highest BCUT2D eigenvalue weighted by Crippen LogP contribution is 2.26. The van der Waals surface area contributed by atoms with Gasteiger partial charge in [0.2, 0.25) is 0 Å². The van der Waals surface area contributed by atoms with Crippen molar-refractivity contribution >= 4 is 0 Å². The number of hydrogen-bond acceptors (Lipinski definition) is 2. The highest BCUT2D eigenvalue weighted by atomic mass is 16.5. The molecule has 0 aliphatic rings. The minimum absolute atomic E-state index is 0.227. The Morgan fingerprint density at radius 2 is 1.38 bits per heavy atom. The Morgan fingerprint density at radius 3 is 1.62 bits per heavy atom. The first kappa shape index (κ1) is 12.9. The van der Waals surface area contributed by atoms with Gasteiger partial charge in [-0.25, -0.2) is 0 Å². The molecule has 0 radical (unpaired) electrons. The number of ether oxygens (including phenoxy) is 2. The zero-order valence-electron chi connectivity index (χ0n) is 9.83. The topological polar surface area (TPSA) is 18.5 Å². The Labute approximate surface area is 82.6 Å². The molecule has 0 bridgehead atoms. The maximum Gasteiger partial charge on any atom is 0.0837 e. The van der Waals surface area contributed by atoms with Gasteiger partial charge in [0.05, 0.1) is 12.7 Å². The molecular formula is C11H24O2. The molecule has 0 aromatic carbocycles. The predicted octanol–water partition coefficient (Wildman–Crippen LogP) is 2.58. The summed E-state index contributed by atoms with van der Waals surface area (Å²) in [6.07, 6.45) is 0.227. The monoisotopic (exact) mass is 188 g/mol. The van der Waals surface area contributed by atoms with Crippen molar-refractivity contribution in [2.24, 2.45) is 17.8 Å². The minimum atomic E-state index is 0.227. The van der Waals surface area contributed by atoms with Crippen LogP contribution in [0.5, 0.6) is 0 Å². The van der Waals surface area contributed by atoms with Crippen LogP contribution >= 0.6 is 0 Å². The summed E-state index contributed by atoms with van der Waals surface area (Å²) in [5.74, 6) is 1.85. The van der Waals surface area contributed by atoms with Crippen LogP contribution in [0.15, 0.2) is 0 Å². The van der Waals surface area contributed by atoms with Crippen LogP contribution in [0.25, 0.3) is 0 Å². The summed E-state index contributed by atoms with van der Waals surface area (Å²) in [7, 11) is 3.49. The maximum absolute atomic E-state index is 5.45. The molecule has 0 fully saturated rings. The average molecular weight is 188 g/mol. The molecule has 0 amide bonds. The Kier molecular flexibility index (Phi) is 6.35. The van der Waals surface area contributed by atoms with Gasteiger partial charge in [-0.05, 0) is 17.8 Å². The second kappa shape index (κ2) is 6.39. The smallest absolute Gasteiger partial charge is 0.0837 e. The molecule has 0 spiro atoms. The third-order valence-corrected chi connectivity index (χ3v) is 2.60. The van der Waals surface area contributed by atoms with Gasteiger partial charge in [0.1, 0.15) is 0 Å². The molecule has 0 rings (SSSR count). The fourth-order valence-electron chi connectivity index (χ4n) is 2.13. The minimum Gasteiger partial charge on any atom is -0.382 e. The van der Waals surface area contributed by atoms with Gasteiger partial charge >= 0.3 is 0 Å². The summed E-state index contributed by atoms with van der Waals surface area (Å²) in [5, 5.41) is 0. The van der Waals surface area contributed by atoms with Crippen molar-refractivity contribution < 1.29 is 9.47 Å². The molecule has 0 aromatic rings. The predicted molar refractivity (Wildman–Crippen MR) is 55.8 cm³/mol. The van der Waals surface area contributed by atoms with Crippen LogP contribution in [0.2, 0.25) is 0 Å². The Bertz CT molecular complexity index is 113. The highest BCUT2D eigenvalue weighted by Gasteiger charge is 2.27. The molecule has 0 saturated heterocycles. The van der Waals surface area contributed by atoms with E-state index in [2.05, 4.69) is 27.7 Å². The summed E-state index contributed by atoms with van der Waals surface area (Å²) in [5.41, 5.74) is 0. The Balaban J connectivity index is 4.30. The standard InChI is InChI=1S/C11H24O2/c1-8(2)11(9(3)4)10(13-6)7-12-5/h8-11H,7H2,1-6H3. The van der Waals surface area contributed by atoms with Crippen LogP contribution < -0.4 is 0 Å². The van der Waals surface area contributed by atoms with E-state index in [9.17, 15) is 0 Å². The Hall–Kier alpha value is -0.0800. The van der Waals surface area contributed by atoms with E-state index in [0.29, 0.717) is 24.4 Å². The molecule has 2 heteroatoms. The van der Waals surface area contributed by atoms with E-state index in [1.54, 1.807) is 14.2 Å². The van der Waals surface area contributed by atoms with E-state index in [4.69, 9.17) is 9.47 Å². The lowest BCUT2D eigenvalue weighted by Gasteiger charge is -2.31. The Morgan fingerprint density at radius 1 is 0.923 bits per heavy atom. The zero-order valence-corrected chi connectivity index (χ0v) is 9.83. The van der Waals surface area contributed by atoms with Crippen LogP contribution in [0.1, 0.15) is 27.7 Å². The van der Waals surface area contributed by atoms with E-state index < -0.39 is 0 Å². The van der Waals surface area contributed by atoms with Gasteiger partial charge in [0, 0.05) is 14.2 Å². The fourth-order valence-corrected chi connectivity index (χ4v) is 2.13. The normalized spacial score (nSPS) is 14.5. The summed E-state index contributed by atoms with van der Waals surface area (Å²) in [4.78, 5) is 0. The van der Waals surface area contributed by atoms with Gasteiger partial charge in [0.25, 0.3) is 0 Å². The lowest BCUT2D eigenvalue weighted by molar-refractivity contribution is -0.0355. The number of rotatable bonds is 6. The van der Waals surface area contributed by atoms with Gasteiger partial charge < -0.3 is 9.47 Å². The SMILES string of the molecule is COCC(OC)C(C(C)C)C(C)C. The van der Waals surface area contributed by atoms with E-state index in [1.165, 1.54) is 0 Å². The molecule has 0 heterocycles.